The van der Waals surface area contributed by atoms with Gasteiger partial charge in [-0.1, -0.05) is 13.8 Å². The number of halogens is 3. The van der Waals surface area contributed by atoms with Gasteiger partial charge in [0.25, 0.3) is 0 Å². The molecule has 1 aromatic carbocycles. The molecule has 1 unspecified atom stereocenters. The van der Waals surface area contributed by atoms with Crippen molar-refractivity contribution in [3.05, 3.63) is 28.5 Å². The smallest absolute Gasteiger partial charge is 0.233 e. The zero-order valence-corrected chi connectivity index (χ0v) is 13.7. The lowest BCUT2D eigenvalue weighted by atomic mass is 9.99. The van der Waals surface area contributed by atoms with E-state index in [4.69, 9.17) is 15.4 Å². The first-order chi connectivity index (χ1) is 8.69. The highest BCUT2D eigenvalue weighted by atomic mass is 79.9. The van der Waals surface area contributed by atoms with Crippen LogP contribution >= 0.6 is 26.6 Å². The summed E-state index contributed by atoms with van der Waals surface area (Å²) in [4.78, 5) is 0. The molecule has 0 aliphatic rings. The molecule has 108 valence electrons. The molecule has 0 radical (unpaired) electrons. The van der Waals surface area contributed by atoms with Crippen molar-refractivity contribution in [2.75, 3.05) is 12.4 Å². The monoisotopic (exact) mass is 372 g/mol. The van der Waals surface area contributed by atoms with E-state index in [0.717, 1.165) is 0 Å². The van der Waals surface area contributed by atoms with Crippen LogP contribution in [-0.2, 0) is 9.05 Å². The molecule has 0 fully saturated rings. The first kappa shape index (κ1) is 16.7. The molecule has 1 rings (SSSR count). The summed E-state index contributed by atoms with van der Waals surface area (Å²) in [6.07, 6.45) is 0. The molecule has 0 aliphatic carbocycles. The van der Waals surface area contributed by atoms with Crippen LogP contribution in [0.4, 0.5) is 4.39 Å². The molecule has 0 aromatic heterocycles. The molecule has 1 aromatic rings. The average Bonchev–Trinajstić information content (AvgIpc) is 2.27. The van der Waals surface area contributed by atoms with Crippen LogP contribution in [0.1, 0.15) is 13.8 Å². The molecule has 0 N–H and O–H groups in total. The fraction of sp³-hybridized carbons (Fsp3) is 0.500. The van der Waals surface area contributed by atoms with E-state index in [2.05, 4.69) is 15.9 Å². The normalized spacial score (nSPS) is 13.6. The summed E-state index contributed by atoms with van der Waals surface area (Å²) < 4.78 is 41.1. The first-order valence-corrected chi connectivity index (χ1v) is 8.96. The van der Waals surface area contributed by atoms with Crippen molar-refractivity contribution in [2.24, 2.45) is 11.8 Å². The van der Waals surface area contributed by atoms with Gasteiger partial charge in [-0.15, -0.1) is 0 Å². The van der Waals surface area contributed by atoms with Crippen molar-refractivity contribution >= 4 is 35.7 Å². The van der Waals surface area contributed by atoms with Crippen LogP contribution in [0.5, 0.6) is 5.75 Å². The van der Waals surface area contributed by atoms with Gasteiger partial charge in [0.1, 0.15) is 11.6 Å². The Morgan fingerprint density at radius 1 is 1.42 bits per heavy atom. The number of rotatable bonds is 6. The Bertz CT molecular complexity index is 534. The van der Waals surface area contributed by atoms with E-state index in [0.29, 0.717) is 10.2 Å². The quantitative estimate of drug-likeness (QED) is 0.712. The molecule has 0 bridgehead atoms. The SMILES string of the molecule is CC(C)C(COc1ccc(F)c(Br)c1)CS(=O)(=O)Cl. The summed E-state index contributed by atoms with van der Waals surface area (Å²) in [6.45, 7) is 4.01. The molecule has 0 saturated carbocycles. The van der Waals surface area contributed by atoms with Gasteiger partial charge in [-0.2, -0.15) is 0 Å². The van der Waals surface area contributed by atoms with Gasteiger partial charge >= 0.3 is 0 Å². The fourth-order valence-electron chi connectivity index (χ4n) is 1.46. The molecule has 0 heterocycles. The summed E-state index contributed by atoms with van der Waals surface area (Å²) in [6, 6.07) is 4.27. The number of hydrogen-bond donors (Lipinski definition) is 0. The van der Waals surface area contributed by atoms with Gasteiger partial charge in [0.05, 0.1) is 16.8 Å². The maximum absolute atomic E-state index is 13.0. The predicted molar refractivity (Wildman–Crippen MR) is 77.6 cm³/mol. The second-order valence-electron chi connectivity index (χ2n) is 4.60. The summed E-state index contributed by atoms with van der Waals surface area (Å²) in [5.41, 5.74) is 0. The Balaban J connectivity index is 2.68. The highest BCUT2D eigenvalue weighted by molar-refractivity contribution is 9.10. The lowest BCUT2D eigenvalue weighted by Gasteiger charge is -2.19. The van der Waals surface area contributed by atoms with E-state index in [1.807, 2.05) is 13.8 Å². The number of ether oxygens (including phenoxy) is 1. The minimum absolute atomic E-state index is 0.109. The van der Waals surface area contributed by atoms with Crippen LogP contribution in [-0.4, -0.2) is 20.8 Å². The van der Waals surface area contributed by atoms with Crippen molar-refractivity contribution in [3.8, 4) is 5.75 Å². The molecule has 0 spiro atoms. The molecule has 0 aliphatic heterocycles. The summed E-state index contributed by atoms with van der Waals surface area (Å²) >= 11 is 3.06. The zero-order chi connectivity index (χ0) is 14.6. The third-order valence-corrected chi connectivity index (χ3v) is 4.52. The van der Waals surface area contributed by atoms with Crippen LogP contribution in [0, 0.1) is 17.7 Å². The molecule has 0 saturated heterocycles. The zero-order valence-electron chi connectivity index (χ0n) is 10.6. The standard InChI is InChI=1S/C12H15BrClFO3S/c1-8(2)9(7-19(14,16)17)6-18-10-3-4-12(15)11(13)5-10/h3-5,8-9H,6-7H2,1-2H3. The molecule has 7 heteroatoms. The van der Waals surface area contributed by atoms with Crippen LogP contribution in [0.2, 0.25) is 0 Å². The second kappa shape index (κ2) is 6.90. The van der Waals surface area contributed by atoms with Crippen molar-refractivity contribution < 1.29 is 17.5 Å². The number of hydrogen-bond acceptors (Lipinski definition) is 3. The first-order valence-electron chi connectivity index (χ1n) is 5.69. The molecular formula is C12H15BrClFO3S. The van der Waals surface area contributed by atoms with Gasteiger partial charge in [-0.05, 0) is 40.0 Å². The van der Waals surface area contributed by atoms with Gasteiger partial charge in [0, 0.05) is 16.6 Å². The largest absolute Gasteiger partial charge is 0.493 e. The molecular weight excluding hydrogens is 359 g/mol. The highest BCUT2D eigenvalue weighted by Crippen LogP contribution is 2.23. The van der Waals surface area contributed by atoms with Crippen molar-refractivity contribution in [3.63, 3.8) is 0 Å². The predicted octanol–water partition coefficient (Wildman–Crippen LogP) is 3.81. The molecule has 19 heavy (non-hydrogen) atoms. The molecule has 1 atom stereocenters. The lowest BCUT2D eigenvalue weighted by Crippen LogP contribution is -2.24. The summed E-state index contributed by atoms with van der Waals surface area (Å²) in [7, 11) is 1.69. The highest BCUT2D eigenvalue weighted by Gasteiger charge is 2.21. The lowest BCUT2D eigenvalue weighted by molar-refractivity contribution is 0.225. The van der Waals surface area contributed by atoms with E-state index in [-0.39, 0.29) is 30.0 Å². The van der Waals surface area contributed by atoms with Gasteiger partial charge in [-0.25, -0.2) is 12.8 Å². The Labute approximate surface area is 125 Å². The van der Waals surface area contributed by atoms with Crippen molar-refractivity contribution in [1.82, 2.24) is 0 Å². The Kier molecular flexibility index (Phi) is 6.08. The third kappa shape index (κ3) is 6.10. The summed E-state index contributed by atoms with van der Waals surface area (Å²) in [5, 5.41) is 0. The Morgan fingerprint density at radius 3 is 2.53 bits per heavy atom. The van der Waals surface area contributed by atoms with Gasteiger partial charge in [-0.3, -0.25) is 0 Å². The molecule has 3 nitrogen and oxygen atoms in total. The third-order valence-electron chi connectivity index (χ3n) is 2.71. The Hall–Kier alpha value is -0.330. The van der Waals surface area contributed by atoms with E-state index < -0.39 is 9.05 Å². The van der Waals surface area contributed by atoms with Crippen LogP contribution in [0.3, 0.4) is 0 Å². The van der Waals surface area contributed by atoms with Crippen LogP contribution in [0.15, 0.2) is 22.7 Å². The van der Waals surface area contributed by atoms with Gasteiger partial charge < -0.3 is 4.74 Å². The van der Waals surface area contributed by atoms with Gasteiger partial charge in [0.15, 0.2) is 0 Å². The maximum atomic E-state index is 13.0. The van der Waals surface area contributed by atoms with Crippen molar-refractivity contribution in [1.29, 1.82) is 0 Å². The second-order valence-corrected chi connectivity index (χ2v) is 8.27. The minimum Gasteiger partial charge on any atom is -0.493 e. The minimum atomic E-state index is -3.56. The average molecular weight is 374 g/mol. The summed E-state index contributed by atoms with van der Waals surface area (Å²) in [5.74, 6) is -0.153. The topological polar surface area (TPSA) is 43.4 Å². The van der Waals surface area contributed by atoms with Crippen LogP contribution in [0.25, 0.3) is 0 Å². The molecule has 0 amide bonds. The van der Waals surface area contributed by atoms with E-state index >= 15 is 0 Å². The van der Waals surface area contributed by atoms with Crippen molar-refractivity contribution in [2.45, 2.75) is 13.8 Å². The van der Waals surface area contributed by atoms with E-state index in [1.165, 1.54) is 18.2 Å². The Morgan fingerprint density at radius 2 is 2.05 bits per heavy atom. The van der Waals surface area contributed by atoms with Gasteiger partial charge in [0.2, 0.25) is 9.05 Å². The number of benzene rings is 1. The van der Waals surface area contributed by atoms with E-state index in [1.54, 1.807) is 0 Å². The fourth-order valence-corrected chi connectivity index (χ4v) is 3.29. The van der Waals surface area contributed by atoms with Crippen LogP contribution < -0.4 is 4.74 Å². The van der Waals surface area contributed by atoms with E-state index in [9.17, 15) is 12.8 Å². The maximum Gasteiger partial charge on any atom is 0.233 e.